The number of carbonyl (C=O) groups is 2. The third-order valence-corrected chi connectivity index (χ3v) is 5.17. The lowest BCUT2D eigenvalue weighted by Gasteiger charge is -2.09. The fourth-order valence-electron chi connectivity index (χ4n) is 2.58. The Balaban J connectivity index is 1.48. The van der Waals surface area contributed by atoms with Crippen LogP contribution in [0.4, 0.5) is 0 Å². The Kier molecular flexibility index (Phi) is 6.71. The molecule has 2 aromatic carbocycles. The van der Waals surface area contributed by atoms with Crippen LogP contribution in [0.2, 0.25) is 0 Å². The van der Waals surface area contributed by atoms with Gasteiger partial charge in [-0.25, -0.2) is 4.98 Å². The van der Waals surface area contributed by atoms with Gasteiger partial charge in [-0.1, -0.05) is 49.9 Å². The fourth-order valence-corrected chi connectivity index (χ4v) is 3.42. The highest BCUT2D eigenvalue weighted by atomic mass is 32.2. The third kappa shape index (κ3) is 5.60. The molecule has 6 nitrogen and oxygen atoms in total. The second-order valence-corrected chi connectivity index (χ2v) is 7.94. The molecular formula is C21H24N4O2S. The van der Waals surface area contributed by atoms with E-state index in [0.717, 1.165) is 33.9 Å². The maximum Gasteiger partial charge on any atom is 0.269 e. The number of hydrazine groups is 1. The van der Waals surface area contributed by atoms with Crippen LogP contribution in [-0.4, -0.2) is 21.8 Å². The van der Waals surface area contributed by atoms with Crippen LogP contribution in [0.3, 0.4) is 0 Å². The van der Waals surface area contributed by atoms with Gasteiger partial charge >= 0.3 is 0 Å². The van der Waals surface area contributed by atoms with Gasteiger partial charge in [-0.05, 0) is 42.2 Å². The number of aromatic amines is 1. The molecule has 0 saturated carbocycles. The van der Waals surface area contributed by atoms with Crippen molar-refractivity contribution in [2.45, 2.75) is 37.6 Å². The van der Waals surface area contributed by atoms with E-state index in [4.69, 9.17) is 0 Å². The molecule has 1 aromatic heterocycles. The van der Waals surface area contributed by atoms with E-state index in [-0.39, 0.29) is 11.8 Å². The molecule has 0 bridgehead atoms. The summed E-state index contributed by atoms with van der Waals surface area (Å²) in [6.07, 6.45) is 1.19. The number of thioether (sulfide) groups is 1. The normalized spacial score (nSPS) is 11.0. The molecule has 28 heavy (non-hydrogen) atoms. The summed E-state index contributed by atoms with van der Waals surface area (Å²) < 4.78 is 0. The minimum absolute atomic E-state index is 0.180. The van der Waals surface area contributed by atoms with Crippen LogP contribution in [-0.2, 0) is 10.5 Å². The number of aromatic nitrogens is 2. The molecule has 7 heteroatoms. The van der Waals surface area contributed by atoms with Crippen molar-refractivity contribution in [3.8, 4) is 0 Å². The molecule has 0 aliphatic carbocycles. The summed E-state index contributed by atoms with van der Waals surface area (Å²) in [6.45, 7) is 4.11. The van der Waals surface area contributed by atoms with Gasteiger partial charge in [0, 0.05) is 17.7 Å². The fraction of sp³-hybridized carbons (Fsp3) is 0.286. The summed E-state index contributed by atoms with van der Waals surface area (Å²) in [7, 11) is 0. The van der Waals surface area contributed by atoms with E-state index in [1.165, 1.54) is 0 Å². The number of nitrogens with one attached hydrogen (secondary N) is 3. The number of nitrogens with zero attached hydrogens (tertiary/aromatic N) is 1. The minimum atomic E-state index is -0.325. The average molecular weight is 397 g/mol. The Morgan fingerprint density at radius 2 is 1.82 bits per heavy atom. The number of rotatable bonds is 7. The minimum Gasteiger partial charge on any atom is -0.333 e. The van der Waals surface area contributed by atoms with Gasteiger partial charge < -0.3 is 4.98 Å². The molecule has 1 heterocycles. The topological polar surface area (TPSA) is 86.9 Å². The Morgan fingerprint density at radius 3 is 2.54 bits per heavy atom. The van der Waals surface area contributed by atoms with Crippen LogP contribution in [0.1, 0.15) is 42.6 Å². The molecule has 3 rings (SSSR count). The highest BCUT2D eigenvalue weighted by Crippen LogP contribution is 2.23. The summed E-state index contributed by atoms with van der Waals surface area (Å²) >= 11 is 1.61. The molecule has 3 aromatic rings. The maximum absolute atomic E-state index is 12.1. The van der Waals surface area contributed by atoms with Crippen LogP contribution in [0, 0.1) is 5.92 Å². The highest BCUT2D eigenvalue weighted by molar-refractivity contribution is 7.98. The molecule has 0 saturated heterocycles. The predicted octanol–water partition coefficient (Wildman–Crippen LogP) is 4.05. The lowest BCUT2D eigenvalue weighted by atomic mass is 10.1. The van der Waals surface area contributed by atoms with E-state index >= 15 is 0 Å². The summed E-state index contributed by atoms with van der Waals surface area (Å²) in [6, 6.07) is 15.2. The van der Waals surface area contributed by atoms with E-state index in [1.807, 2.05) is 36.4 Å². The summed E-state index contributed by atoms with van der Waals surface area (Å²) in [5.41, 5.74) is 8.47. The van der Waals surface area contributed by atoms with E-state index in [9.17, 15) is 9.59 Å². The molecule has 0 aliphatic heterocycles. The molecule has 0 fully saturated rings. The first kappa shape index (κ1) is 19.9. The average Bonchev–Trinajstić information content (AvgIpc) is 3.12. The molecule has 3 N–H and O–H groups in total. The van der Waals surface area contributed by atoms with E-state index in [0.29, 0.717) is 17.9 Å². The first-order valence-electron chi connectivity index (χ1n) is 9.27. The molecule has 0 spiro atoms. The van der Waals surface area contributed by atoms with Crippen LogP contribution in [0.5, 0.6) is 0 Å². The number of hydrogen-bond donors (Lipinski definition) is 3. The van der Waals surface area contributed by atoms with Gasteiger partial charge in [0.05, 0.1) is 11.0 Å². The number of H-pyrrole nitrogens is 1. The van der Waals surface area contributed by atoms with Crippen molar-refractivity contribution in [3.05, 3.63) is 59.7 Å². The van der Waals surface area contributed by atoms with Gasteiger partial charge in [-0.3, -0.25) is 20.4 Å². The Hall–Kier alpha value is -2.80. The Bertz CT molecular complexity index is 917. The van der Waals surface area contributed by atoms with Crippen LogP contribution in [0.25, 0.3) is 11.0 Å². The molecule has 0 aliphatic rings. The summed E-state index contributed by atoms with van der Waals surface area (Å²) in [5.74, 6) is 0.690. The van der Waals surface area contributed by atoms with Gasteiger partial charge in [0.15, 0.2) is 5.16 Å². The smallest absolute Gasteiger partial charge is 0.269 e. The van der Waals surface area contributed by atoms with Crippen molar-refractivity contribution in [3.63, 3.8) is 0 Å². The van der Waals surface area contributed by atoms with Crippen molar-refractivity contribution in [2.75, 3.05) is 0 Å². The first-order chi connectivity index (χ1) is 13.5. The van der Waals surface area contributed by atoms with Crippen molar-refractivity contribution >= 4 is 34.6 Å². The van der Waals surface area contributed by atoms with Crippen LogP contribution < -0.4 is 10.9 Å². The zero-order valence-corrected chi connectivity index (χ0v) is 16.8. The van der Waals surface area contributed by atoms with Gasteiger partial charge in [-0.2, -0.15) is 0 Å². The van der Waals surface area contributed by atoms with E-state index in [1.54, 1.807) is 23.9 Å². The van der Waals surface area contributed by atoms with E-state index < -0.39 is 0 Å². The largest absolute Gasteiger partial charge is 0.333 e. The molecule has 2 amide bonds. The summed E-state index contributed by atoms with van der Waals surface area (Å²) in [4.78, 5) is 31.6. The monoisotopic (exact) mass is 396 g/mol. The predicted molar refractivity (Wildman–Crippen MR) is 112 cm³/mol. The number of para-hydroxylation sites is 2. The van der Waals surface area contributed by atoms with E-state index in [2.05, 4.69) is 34.7 Å². The maximum atomic E-state index is 12.1. The molecule has 0 unspecified atom stereocenters. The Labute approximate surface area is 168 Å². The van der Waals surface area contributed by atoms with Gasteiger partial charge in [0.2, 0.25) is 5.91 Å². The Morgan fingerprint density at radius 1 is 1.07 bits per heavy atom. The van der Waals surface area contributed by atoms with Crippen molar-refractivity contribution < 1.29 is 9.59 Å². The lowest BCUT2D eigenvalue weighted by molar-refractivity contribution is -0.122. The van der Waals surface area contributed by atoms with Gasteiger partial charge in [0.25, 0.3) is 5.91 Å². The zero-order valence-electron chi connectivity index (χ0n) is 16.0. The molecule has 0 radical (unpaired) electrons. The number of carbonyl (C=O) groups excluding carboxylic acids is 2. The zero-order chi connectivity index (χ0) is 19.9. The molecule has 0 atom stereocenters. The number of amides is 2. The number of fused-ring (bicyclic) bond motifs is 1. The van der Waals surface area contributed by atoms with Gasteiger partial charge in [-0.15, -0.1) is 0 Å². The second kappa shape index (κ2) is 9.41. The second-order valence-electron chi connectivity index (χ2n) is 6.98. The number of benzene rings is 2. The molecule has 146 valence electrons. The standard InChI is InChI=1S/C21H24N4O2S/c1-14(2)7-12-19(26)24-25-20(27)16-10-8-15(9-11-16)13-28-21-22-17-5-3-4-6-18(17)23-21/h3-6,8-11,14H,7,12-13H2,1-2H3,(H,22,23)(H,24,26)(H,25,27). The van der Waals surface area contributed by atoms with Crippen molar-refractivity contribution in [1.82, 2.24) is 20.8 Å². The van der Waals surface area contributed by atoms with Crippen LogP contribution >= 0.6 is 11.8 Å². The lowest BCUT2D eigenvalue weighted by Crippen LogP contribution is -2.41. The number of imidazole rings is 1. The summed E-state index contributed by atoms with van der Waals surface area (Å²) in [5, 5.41) is 0.868. The number of hydrogen-bond acceptors (Lipinski definition) is 4. The first-order valence-corrected chi connectivity index (χ1v) is 10.3. The third-order valence-electron chi connectivity index (χ3n) is 4.22. The highest BCUT2D eigenvalue weighted by Gasteiger charge is 2.09. The van der Waals surface area contributed by atoms with Crippen molar-refractivity contribution in [2.24, 2.45) is 5.92 Å². The molecular weight excluding hydrogens is 372 g/mol. The SMILES string of the molecule is CC(C)CCC(=O)NNC(=O)c1ccc(CSc2nc3ccccc3[nH]2)cc1. The van der Waals surface area contributed by atoms with Gasteiger partial charge in [0.1, 0.15) is 0 Å². The van der Waals surface area contributed by atoms with Crippen molar-refractivity contribution in [1.29, 1.82) is 0 Å². The quantitative estimate of drug-likeness (QED) is 0.415. The van der Waals surface area contributed by atoms with Crippen LogP contribution in [0.15, 0.2) is 53.7 Å².